The van der Waals surface area contributed by atoms with Gasteiger partial charge in [0, 0.05) is 23.2 Å². The molecule has 0 amide bonds. The average molecular weight is 306 g/mol. The SMILES string of the molecule is COc1ccc(Cn2ccc3c(Cl)cc(Cl)cc32)cc1. The van der Waals surface area contributed by atoms with Crippen molar-refractivity contribution >= 4 is 34.1 Å². The van der Waals surface area contributed by atoms with Crippen LogP contribution in [0.3, 0.4) is 0 Å². The van der Waals surface area contributed by atoms with Gasteiger partial charge in [0.05, 0.1) is 17.6 Å². The van der Waals surface area contributed by atoms with Crippen molar-refractivity contribution in [1.82, 2.24) is 4.57 Å². The Morgan fingerprint density at radius 3 is 2.50 bits per heavy atom. The predicted molar refractivity (Wildman–Crippen MR) is 84.1 cm³/mol. The van der Waals surface area contributed by atoms with Crippen molar-refractivity contribution in [3.8, 4) is 5.75 Å². The Labute approximate surface area is 127 Å². The van der Waals surface area contributed by atoms with Crippen LogP contribution in [-0.2, 0) is 6.54 Å². The summed E-state index contributed by atoms with van der Waals surface area (Å²) in [6, 6.07) is 13.7. The first kappa shape index (κ1) is 13.3. The van der Waals surface area contributed by atoms with Gasteiger partial charge in [-0.3, -0.25) is 0 Å². The summed E-state index contributed by atoms with van der Waals surface area (Å²) in [4.78, 5) is 0. The minimum absolute atomic E-state index is 0.650. The molecule has 1 aromatic heterocycles. The third-order valence-corrected chi connectivity index (χ3v) is 3.85. The number of halogens is 2. The Balaban J connectivity index is 1.97. The van der Waals surface area contributed by atoms with Gasteiger partial charge in [-0.2, -0.15) is 0 Å². The third-order valence-electron chi connectivity index (χ3n) is 3.32. The lowest BCUT2D eigenvalue weighted by molar-refractivity contribution is 0.414. The van der Waals surface area contributed by atoms with E-state index in [0.717, 1.165) is 23.2 Å². The molecule has 0 aliphatic carbocycles. The van der Waals surface area contributed by atoms with Crippen LogP contribution < -0.4 is 4.74 Å². The van der Waals surface area contributed by atoms with Crippen LogP contribution in [0.2, 0.25) is 10.0 Å². The van der Waals surface area contributed by atoms with E-state index in [1.54, 1.807) is 13.2 Å². The maximum absolute atomic E-state index is 6.20. The highest BCUT2D eigenvalue weighted by Crippen LogP contribution is 2.29. The second-order valence-electron chi connectivity index (χ2n) is 4.61. The van der Waals surface area contributed by atoms with Gasteiger partial charge in [-0.15, -0.1) is 0 Å². The topological polar surface area (TPSA) is 14.2 Å². The molecule has 0 fully saturated rings. The smallest absolute Gasteiger partial charge is 0.118 e. The number of fused-ring (bicyclic) bond motifs is 1. The van der Waals surface area contributed by atoms with E-state index in [1.165, 1.54) is 5.56 Å². The first-order chi connectivity index (χ1) is 9.67. The Morgan fingerprint density at radius 1 is 1.05 bits per heavy atom. The Morgan fingerprint density at radius 2 is 1.80 bits per heavy atom. The molecule has 2 nitrogen and oxygen atoms in total. The summed E-state index contributed by atoms with van der Waals surface area (Å²) in [6.45, 7) is 0.768. The van der Waals surface area contributed by atoms with Crippen LogP contribution >= 0.6 is 23.2 Å². The monoisotopic (exact) mass is 305 g/mol. The van der Waals surface area contributed by atoms with E-state index in [4.69, 9.17) is 27.9 Å². The summed E-state index contributed by atoms with van der Waals surface area (Å²) in [5, 5.41) is 2.35. The van der Waals surface area contributed by atoms with Crippen molar-refractivity contribution in [2.24, 2.45) is 0 Å². The molecule has 0 unspecified atom stereocenters. The molecule has 3 rings (SSSR count). The van der Waals surface area contributed by atoms with Gasteiger partial charge in [0.2, 0.25) is 0 Å². The van der Waals surface area contributed by atoms with E-state index in [-0.39, 0.29) is 0 Å². The van der Waals surface area contributed by atoms with Crippen molar-refractivity contribution in [3.63, 3.8) is 0 Å². The number of hydrogen-bond donors (Lipinski definition) is 0. The van der Waals surface area contributed by atoms with Crippen molar-refractivity contribution in [3.05, 3.63) is 64.3 Å². The molecule has 0 bridgehead atoms. The molecule has 2 aromatic carbocycles. The van der Waals surface area contributed by atoms with Gasteiger partial charge in [0.1, 0.15) is 5.75 Å². The summed E-state index contributed by atoms with van der Waals surface area (Å²) in [5.41, 5.74) is 2.23. The molecule has 4 heteroatoms. The van der Waals surface area contributed by atoms with Gasteiger partial charge in [0.25, 0.3) is 0 Å². The fourth-order valence-electron chi connectivity index (χ4n) is 2.28. The summed E-state index contributed by atoms with van der Waals surface area (Å²) in [5.74, 6) is 0.859. The second kappa shape index (κ2) is 5.39. The van der Waals surface area contributed by atoms with E-state index < -0.39 is 0 Å². The molecule has 0 spiro atoms. The van der Waals surface area contributed by atoms with Crippen LogP contribution in [-0.4, -0.2) is 11.7 Å². The number of aromatic nitrogens is 1. The third kappa shape index (κ3) is 2.49. The molecule has 0 saturated heterocycles. The Kier molecular flexibility index (Phi) is 3.60. The zero-order chi connectivity index (χ0) is 14.1. The minimum atomic E-state index is 0.650. The Bertz CT molecular complexity index is 747. The zero-order valence-electron chi connectivity index (χ0n) is 10.9. The van der Waals surface area contributed by atoms with Gasteiger partial charge < -0.3 is 9.30 Å². The fourth-order valence-corrected chi connectivity index (χ4v) is 2.83. The molecular formula is C16H13Cl2NO. The quantitative estimate of drug-likeness (QED) is 0.664. The standard InChI is InChI=1S/C16H13Cl2NO/c1-20-13-4-2-11(3-5-13)10-19-7-6-14-15(18)8-12(17)9-16(14)19/h2-9H,10H2,1H3. The lowest BCUT2D eigenvalue weighted by atomic mass is 10.2. The number of methoxy groups -OCH3 is 1. The first-order valence-corrected chi connectivity index (χ1v) is 7.00. The van der Waals surface area contributed by atoms with Crippen LogP contribution in [0, 0.1) is 0 Å². The van der Waals surface area contributed by atoms with E-state index in [0.29, 0.717) is 10.0 Å². The van der Waals surface area contributed by atoms with E-state index >= 15 is 0 Å². The lowest BCUT2D eigenvalue weighted by Gasteiger charge is -2.07. The predicted octanol–water partition coefficient (Wildman–Crippen LogP) is 5.01. The average Bonchev–Trinajstić information content (AvgIpc) is 2.83. The number of ether oxygens (including phenoxy) is 1. The second-order valence-corrected chi connectivity index (χ2v) is 5.46. The fraction of sp³-hybridized carbons (Fsp3) is 0.125. The van der Waals surface area contributed by atoms with Crippen molar-refractivity contribution < 1.29 is 4.74 Å². The molecular weight excluding hydrogens is 293 g/mol. The number of rotatable bonds is 3. The minimum Gasteiger partial charge on any atom is -0.497 e. The van der Waals surface area contributed by atoms with Gasteiger partial charge in [0.15, 0.2) is 0 Å². The highest BCUT2D eigenvalue weighted by atomic mass is 35.5. The normalized spacial score (nSPS) is 10.9. The van der Waals surface area contributed by atoms with Crippen LogP contribution in [0.1, 0.15) is 5.56 Å². The molecule has 102 valence electrons. The first-order valence-electron chi connectivity index (χ1n) is 6.24. The maximum atomic E-state index is 6.20. The lowest BCUT2D eigenvalue weighted by Crippen LogP contribution is -1.97. The number of nitrogens with zero attached hydrogens (tertiary/aromatic N) is 1. The van der Waals surface area contributed by atoms with Crippen LogP contribution in [0.5, 0.6) is 5.75 Å². The van der Waals surface area contributed by atoms with Crippen LogP contribution in [0.15, 0.2) is 48.7 Å². The Hall–Kier alpha value is -1.64. The van der Waals surface area contributed by atoms with E-state index in [2.05, 4.69) is 16.7 Å². The highest BCUT2D eigenvalue weighted by Gasteiger charge is 2.07. The maximum Gasteiger partial charge on any atom is 0.118 e. The highest BCUT2D eigenvalue weighted by molar-refractivity contribution is 6.38. The zero-order valence-corrected chi connectivity index (χ0v) is 12.4. The van der Waals surface area contributed by atoms with Crippen molar-refractivity contribution in [1.29, 1.82) is 0 Å². The largest absolute Gasteiger partial charge is 0.497 e. The summed E-state index contributed by atoms with van der Waals surface area (Å²) in [7, 11) is 1.67. The van der Waals surface area contributed by atoms with Crippen molar-refractivity contribution in [2.45, 2.75) is 6.54 Å². The molecule has 0 radical (unpaired) electrons. The molecule has 0 aliphatic rings. The van der Waals surface area contributed by atoms with Crippen molar-refractivity contribution in [2.75, 3.05) is 7.11 Å². The number of benzene rings is 2. The van der Waals surface area contributed by atoms with E-state index in [1.807, 2.05) is 30.5 Å². The molecule has 0 atom stereocenters. The van der Waals surface area contributed by atoms with Crippen LogP contribution in [0.4, 0.5) is 0 Å². The van der Waals surface area contributed by atoms with Gasteiger partial charge in [-0.05, 0) is 35.9 Å². The molecule has 20 heavy (non-hydrogen) atoms. The number of hydrogen-bond acceptors (Lipinski definition) is 1. The molecule has 0 aliphatic heterocycles. The van der Waals surface area contributed by atoms with Gasteiger partial charge >= 0.3 is 0 Å². The van der Waals surface area contributed by atoms with Gasteiger partial charge in [-0.1, -0.05) is 35.3 Å². The van der Waals surface area contributed by atoms with E-state index in [9.17, 15) is 0 Å². The molecule has 3 aromatic rings. The summed E-state index contributed by atoms with van der Waals surface area (Å²) >= 11 is 12.3. The van der Waals surface area contributed by atoms with Crippen LogP contribution in [0.25, 0.3) is 10.9 Å². The van der Waals surface area contributed by atoms with Gasteiger partial charge in [-0.25, -0.2) is 0 Å². The summed E-state index contributed by atoms with van der Waals surface area (Å²) < 4.78 is 7.30. The molecule has 0 saturated carbocycles. The molecule has 1 heterocycles. The molecule has 0 N–H and O–H groups in total. The summed E-state index contributed by atoms with van der Waals surface area (Å²) in [6.07, 6.45) is 2.02.